The predicted molar refractivity (Wildman–Crippen MR) is 8.69 cm³/mol. The van der Waals surface area contributed by atoms with Gasteiger partial charge in [-0.1, -0.05) is 0 Å². The molecule has 0 unspecified atom stereocenters. The van der Waals surface area contributed by atoms with Crippen molar-refractivity contribution in [1.82, 2.24) is 0 Å². The molecule has 0 rings (SSSR count). The Morgan fingerprint density at radius 3 is 1.75 bits per heavy atom. The van der Waals surface area contributed by atoms with E-state index in [1.165, 1.54) is 0 Å². The van der Waals surface area contributed by atoms with Crippen LogP contribution in [0.25, 0.3) is 0 Å². The molecule has 0 bridgehead atoms. The molecule has 4 heavy (non-hydrogen) atoms. The molecule has 1 N–H and O–H groups in total. The normalized spacial score (nSPS) is 3.00. The predicted octanol–water partition coefficient (Wildman–Crippen LogP) is -0.299. The minimum absolute atomic E-state index is 0. The monoisotopic (exact) mass is 86.0 g/mol. The molecule has 0 aliphatic carbocycles. The van der Waals surface area contributed by atoms with Crippen LogP contribution in [0.15, 0.2) is 0 Å². The summed E-state index contributed by atoms with van der Waals surface area (Å²) in [5.74, 6) is 0. The van der Waals surface area contributed by atoms with Crippen LogP contribution in [0.1, 0.15) is 0 Å². The van der Waals surface area contributed by atoms with Gasteiger partial charge in [-0.05, 0) is 0 Å². The molecule has 0 amide bonds. The van der Waals surface area contributed by atoms with Gasteiger partial charge in [0, 0.05) is 37.7 Å². The van der Waals surface area contributed by atoms with Crippen LogP contribution in [0.2, 0.25) is 0 Å². The Bertz CT molecular complexity index is 13.5. The van der Waals surface area contributed by atoms with Gasteiger partial charge in [-0.15, -0.1) is 0 Å². The molecule has 0 fully saturated rings. The van der Waals surface area contributed by atoms with Crippen LogP contribution in [0.4, 0.5) is 0 Å². The fraction of sp³-hybridized carbons (Fsp3) is 0. The van der Waals surface area contributed by atoms with Crippen molar-refractivity contribution in [2.45, 2.75) is 0 Å². The first-order chi connectivity index (χ1) is 1.41. The van der Waals surface area contributed by atoms with Crippen molar-refractivity contribution >= 4 is 6.47 Å². The number of carboxylic acid groups (broad SMARTS) is 1. The van der Waals surface area contributed by atoms with Gasteiger partial charge in [-0.25, -0.2) is 0 Å². The third-order valence-corrected chi connectivity index (χ3v) is 0. The van der Waals surface area contributed by atoms with Crippen LogP contribution in [-0.4, -0.2) is 11.6 Å². The first kappa shape index (κ1) is 8.83. The molecule has 0 aliphatic heterocycles. The molecule has 0 aromatic carbocycles. The van der Waals surface area contributed by atoms with E-state index >= 15 is 0 Å². The second-order valence-electron chi connectivity index (χ2n) is 0.105. The van der Waals surface area contributed by atoms with E-state index in [1.807, 2.05) is 0 Å². The molecular formula is CH2ArO2. The zero-order chi connectivity index (χ0) is 2.71. The Morgan fingerprint density at radius 1 is 1.75 bits per heavy atom. The molecular weight excluding hydrogens is 84.0 g/mol. The largest absolute Gasteiger partial charge is 0.483 e. The third-order valence-electron chi connectivity index (χ3n) is 0. The maximum Gasteiger partial charge on any atom is 0.290 e. The zero-order valence-electron chi connectivity index (χ0n) is 1.79. The molecule has 3 heteroatoms. The quantitative estimate of drug-likeness (QED) is 0.411. The molecule has 2 nitrogen and oxygen atoms in total. The van der Waals surface area contributed by atoms with E-state index in [-0.39, 0.29) is 44.2 Å². The van der Waals surface area contributed by atoms with Gasteiger partial charge in [-0.3, -0.25) is 4.79 Å². The van der Waals surface area contributed by atoms with Crippen molar-refractivity contribution < 1.29 is 47.6 Å². The molecule has 26 valence electrons. The van der Waals surface area contributed by atoms with Crippen molar-refractivity contribution in [2.75, 3.05) is 0 Å². The van der Waals surface area contributed by atoms with Crippen molar-refractivity contribution in [3.63, 3.8) is 0 Å². The molecule has 0 radical (unpaired) electrons. The van der Waals surface area contributed by atoms with Crippen LogP contribution in [0.3, 0.4) is 0 Å². The van der Waals surface area contributed by atoms with E-state index in [0.29, 0.717) is 0 Å². The van der Waals surface area contributed by atoms with E-state index in [2.05, 4.69) is 0 Å². The minimum Gasteiger partial charge on any atom is -0.483 e. The maximum atomic E-state index is 8.36. The first-order valence-corrected chi connectivity index (χ1v) is 0.494. The van der Waals surface area contributed by atoms with E-state index in [9.17, 15) is 0 Å². The van der Waals surface area contributed by atoms with E-state index in [1.54, 1.807) is 0 Å². The number of hydrogen-bond donors (Lipinski definition) is 1. The summed E-state index contributed by atoms with van der Waals surface area (Å²) in [4.78, 5) is 8.36. The average molecular weight is 86.0 g/mol. The van der Waals surface area contributed by atoms with Crippen molar-refractivity contribution in [3.8, 4) is 0 Å². The zero-order valence-corrected chi connectivity index (χ0v) is 2.49. The molecule has 0 heterocycles. The summed E-state index contributed by atoms with van der Waals surface area (Å²) >= 11 is 0. The summed E-state index contributed by atoms with van der Waals surface area (Å²) in [6.45, 7) is -0.250. The van der Waals surface area contributed by atoms with E-state index in [4.69, 9.17) is 9.90 Å². The molecule has 0 aromatic rings. The number of rotatable bonds is 0. The van der Waals surface area contributed by atoms with Gasteiger partial charge >= 0.3 is 0 Å². The molecule has 0 aromatic heterocycles. The maximum absolute atomic E-state index is 8.36. The van der Waals surface area contributed by atoms with E-state index in [0.717, 1.165) is 0 Å². The number of hydrogen-bond acceptors (Lipinski definition) is 1. The molecule has 0 saturated carbocycles. The number of carbonyl (C=O) groups is 1. The second kappa shape index (κ2) is 9.29. The third kappa shape index (κ3) is 15.3. The summed E-state index contributed by atoms with van der Waals surface area (Å²) < 4.78 is 0. The molecule has 0 spiro atoms. The van der Waals surface area contributed by atoms with Gasteiger partial charge in [0.2, 0.25) is 0 Å². The Balaban J connectivity index is 0. The van der Waals surface area contributed by atoms with Crippen LogP contribution in [-0.2, 0) is 4.79 Å². The van der Waals surface area contributed by atoms with Crippen LogP contribution in [0, 0.1) is 37.7 Å². The Morgan fingerprint density at radius 2 is 1.75 bits per heavy atom. The fourth-order valence-electron chi connectivity index (χ4n) is 0. The van der Waals surface area contributed by atoms with Crippen LogP contribution in [0.5, 0.6) is 0 Å². The Labute approximate surface area is 53.8 Å². The smallest absolute Gasteiger partial charge is 0.290 e. The topological polar surface area (TPSA) is 37.3 Å². The van der Waals surface area contributed by atoms with Crippen LogP contribution >= 0.6 is 0 Å². The summed E-state index contributed by atoms with van der Waals surface area (Å²) in [7, 11) is 0. The summed E-state index contributed by atoms with van der Waals surface area (Å²) in [5, 5.41) is 6.89. The van der Waals surface area contributed by atoms with Gasteiger partial charge in [0.05, 0.1) is 0 Å². The molecule has 0 atom stereocenters. The molecule has 0 saturated heterocycles. The van der Waals surface area contributed by atoms with Gasteiger partial charge in [0.1, 0.15) is 0 Å². The first-order valence-electron chi connectivity index (χ1n) is 0.494. The van der Waals surface area contributed by atoms with Gasteiger partial charge in [0.25, 0.3) is 6.47 Å². The second-order valence-corrected chi connectivity index (χ2v) is 0.105. The summed E-state index contributed by atoms with van der Waals surface area (Å²) in [6.07, 6.45) is 0. The Kier molecular flexibility index (Phi) is 20.5. The summed E-state index contributed by atoms with van der Waals surface area (Å²) in [6, 6.07) is 0. The fourth-order valence-corrected chi connectivity index (χ4v) is 0. The van der Waals surface area contributed by atoms with Crippen LogP contribution < -0.4 is 0 Å². The molecule has 0 aliphatic rings. The van der Waals surface area contributed by atoms with Crippen molar-refractivity contribution in [1.29, 1.82) is 0 Å². The standard InChI is InChI=1S/CH2O2.Ar/c2-1-3;/h1H,(H,2,3);. The summed E-state index contributed by atoms with van der Waals surface area (Å²) in [5.41, 5.74) is 0. The van der Waals surface area contributed by atoms with Crippen molar-refractivity contribution in [2.24, 2.45) is 0 Å². The van der Waals surface area contributed by atoms with Gasteiger partial charge < -0.3 is 5.11 Å². The SMILES string of the molecule is O=CO.[Ar]. The van der Waals surface area contributed by atoms with Crippen molar-refractivity contribution in [3.05, 3.63) is 0 Å². The van der Waals surface area contributed by atoms with Gasteiger partial charge in [0.15, 0.2) is 0 Å². The Hall–Kier alpha value is 0.730. The van der Waals surface area contributed by atoms with Gasteiger partial charge in [-0.2, -0.15) is 0 Å². The average Bonchev–Trinajstić information content (AvgIpc) is 0.918. The van der Waals surface area contributed by atoms with E-state index < -0.39 is 0 Å². The minimum atomic E-state index is -0.250.